The summed E-state index contributed by atoms with van der Waals surface area (Å²) in [6.45, 7) is 3.50. The number of anilines is 1. The Morgan fingerprint density at radius 2 is 2.38 bits per heavy atom. The highest BCUT2D eigenvalue weighted by Gasteiger charge is 2.14. The van der Waals surface area contributed by atoms with Crippen molar-refractivity contribution in [1.82, 2.24) is 0 Å². The van der Waals surface area contributed by atoms with Gasteiger partial charge in [0, 0.05) is 0 Å². The zero-order valence-corrected chi connectivity index (χ0v) is 10.2. The number of para-hydroxylation sites is 1. The van der Waals surface area contributed by atoms with Crippen LogP contribution in [0.3, 0.4) is 0 Å². The Hall–Kier alpha value is -1.33. The number of hydrogen-bond donors (Lipinski definition) is 3. The fraction of sp³-hybridized carbons (Fsp3) is 0.182. The molecule has 0 saturated heterocycles. The number of phenolic OH excluding ortho intramolecular Hbond substituents is 1. The SMILES string of the molecule is C=CCC(N)C(=O)Nc1cccc(Br)c1O. The van der Waals surface area contributed by atoms with Crippen LogP contribution in [-0.2, 0) is 4.79 Å². The monoisotopic (exact) mass is 284 g/mol. The highest BCUT2D eigenvalue weighted by atomic mass is 79.9. The van der Waals surface area contributed by atoms with Gasteiger partial charge in [-0.25, -0.2) is 0 Å². The third kappa shape index (κ3) is 3.08. The maximum atomic E-state index is 11.6. The molecule has 1 amide bonds. The van der Waals surface area contributed by atoms with Gasteiger partial charge < -0.3 is 16.2 Å². The number of benzene rings is 1. The summed E-state index contributed by atoms with van der Waals surface area (Å²) < 4.78 is 0.516. The van der Waals surface area contributed by atoms with Gasteiger partial charge in [-0.3, -0.25) is 4.79 Å². The maximum absolute atomic E-state index is 11.6. The van der Waals surface area contributed by atoms with Crippen LogP contribution in [0.1, 0.15) is 6.42 Å². The Labute approximate surface area is 102 Å². The zero-order chi connectivity index (χ0) is 12.1. The van der Waals surface area contributed by atoms with E-state index in [1.807, 2.05) is 0 Å². The van der Waals surface area contributed by atoms with Crippen molar-refractivity contribution in [3.8, 4) is 5.75 Å². The van der Waals surface area contributed by atoms with Crippen molar-refractivity contribution in [1.29, 1.82) is 0 Å². The Morgan fingerprint density at radius 3 is 3.00 bits per heavy atom. The molecular weight excluding hydrogens is 272 g/mol. The smallest absolute Gasteiger partial charge is 0.241 e. The van der Waals surface area contributed by atoms with Crippen molar-refractivity contribution >= 4 is 27.5 Å². The van der Waals surface area contributed by atoms with Gasteiger partial charge in [0.15, 0.2) is 5.75 Å². The first kappa shape index (κ1) is 12.7. The first-order chi connectivity index (χ1) is 7.56. The molecule has 0 fully saturated rings. The average molecular weight is 285 g/mol. The summed E-state index contributed by atoms with van der Waals surface area (Å²) >= 11 is 3.16. The Bertz CT molecular complexity index is 407. The number of halogens is 1. The molecule has 0 aromatic heterocycles. The van der Waals surface area contributed by atoms with E-state index in [9.17, 15) is 9.90 Å². The van der Waals surface area contributed by atoms with Crippen LogP contribution in [0.25, 0.3) is 0 Å². The average Bonchev–Trinajstić information content (AvgIpc) is 2.25. The molecule has 86 valence electrons. The van der Waals surface area contributed by atoms with E-state index >= 15 is 0 Å². The minimum atomic E-state index is -0.657. The van der Waals surface area contributed by atoms with Crippen LogP contribution in [0.15, 0.2) is 35.3 Å². The Balaban J connectivity index is 2.77. The van der Waals surface area contributed by atoms with E-state index in [2.05, 4.69) is 27.8 Å². The van der Waals surface area contributed by atoms with E-state index in [4.69, 9.17) is 5.73 Å². The fourth-order valence-corrected chi connectivity index (χ4v) is 1.49. The van der Waals surface area contributed by atoms with Crippen molar-refractivity contribution in [2.45, 2.75) is 12.5 Å². The van der Waals surface area contributed by atoms with Crippen molar-refractivity contribution in [3.63, 3.8) is 0 Å². The molecule has 1 atom stereocenters. The molecule has 0 bridgehead atoms. The standard InChI is InChI=1S/C11H13BrN2O2/c1-2-4-8(13)11(16)14-9-6-3-5-7(12)10(9)15/h2-3,5-6,8,15H,1,4,13H2,(H,14,16). The summed E-state index contributed by atoms with van der Waals surface area (Å²) in [5.74, 6) is -0.366. The van der Waals surface area contributed by atoms with Crippen LogP contribution in [0.2, 0.25) is 0 Å². The number of carbonyl (C=O) groups is 1. The number of hydrogen-bond acceptors (Lipinski definition) is 3. The molecule has 4 N–H and O–H groups in total. The van der Waals surface area contributed by atoms with Crippen LogP contribution in [0.5, 0.6) is 5.75 Å². The summed E-state index contributed by atoms with van der Waals surface area (Å²) in [6.07, 6.45) is 1.96. The molecule has 0 saturated carbocycles. The number of rotatable bonds is 4. The molecule has 1 rings (SSSR count). The summed E-state index contributed by atoms with van der Waals surface area (Å²) in [6, 6.07) is 4.32. The molecule has 1 aromatic carbocycles. The van der Waals surface area contributed by atoms with Gasteiger partial charge in [-0.05, 0) is 34.5 Å². The first-order valence-electron chi connectivity index (χ1n) is 4.71. The number of aromatic hydroxyl groups is 1. The quantitative estimate of drug-likeness (QED) is 0.585. The van der Waals surface area contributed by atoms with E-state index in [1.165, 1.54) is 0 Å². The lowest BCUT2D eigenvalue weighted by Gasteiger charge is -2.11. The number of amides is 1. The molecule has 1 aromatic rings. The third-order valence-corrected chi connectivity index (χ3v) is 2.64. The Morgan fingerprint density at radius 1 is 1.69 bits per heavy atom. The molecule has 0 aliphatic carbocycles. The second-order valence-corrected chi connectivity index (χ2v) is 4.11. The molecule has 0 spiro atoms. The number of phenols is 1. The van der Waals surface area contributed by atoms with Crippen LogP contribution >= 0.6 is 15.9 Å². The topological polar surface area (TPSA) is 75.4 Å². The molecule has 0 aliphatic rings. The van der Waals surface area contributed by atoms with Gasteiger partial charge in [0.1, 0.15) is 0 Å². The molecule has 16 heavy (non-hydrogen) atoms. The molecule has 5 heteroatoms. The van der Waals surface area contributed by atoms with Gasteiger partial charge in [0.2, 0.25) is 5.91 Å². The predicted molar refractivity (Wildman–Crippen MR) is 67.2 cm³/mol. The van der Waals surface area contributed by atoms with Gasteiger partial charge in [-0.1, -0.05) is 12.1 Å². The van der Waals surface area contributed by atoms with Gasteiger partial charge in [0.25, 0.3) is 0 Å². The summed E-state index contributed by atoms with van der Waals surface area (Å²) in [5, 5.41) is 12.2. The molecule has 1 unspecified atom stereocenters. The van der Waals surface area contributed by atoms with Gasteiger partial charge in [-0.15, -0.1) is 6.58 Å². The number of nitrogens with one attached hydrogen (secondary N) is 1. The number of nitrogens with two attached hydrogens (primary N) is 1. The van der Waals surface area contributed by atoms with E-state index in [1.54, 1.807) is 24.3 Å². The lowest BCUT2D eigenvalue weighted by molar-refractivity contribution is -0.117. The van der Waals surface area contributed by atoms with Crippen molar-refractivity contribution in [3.05, 3.63) is 35.3 Å². The van der Waals surface area contributed by atoms with E-state index < -0.39 is 6.04 Å². The van der Waals surface area contributed by atoms with E-state index in [-0.39, 0.29) is 11.7 Å². The van der Waals surface area contributed by atoms with Crippen LogP contribution in [0.4, 0.5) is 5.69 Å². The lowest BCUT2D eigenvalue weighted by Crippen LogP contribution is -2.35. The second-order valence-electron chi connectivity index (χ2n) is 3.26. The van der Waals surface area contributed by atoms with Crippen LogP contribution in [-0.4, -0.2) is 17.1 Å². The fourth-order valence-electron chi connectivity index (χ4n) is 1.13. The summed E-state index contributed by atoms with van der Waals surface area (Å²) in [5.41, 5.74) is 5.92. The van der Waals surface area contributed by atoms with Crippen molar-refractivity contribution in [2.24, 2.45) is 5.73 Å². The Kier molecular flexibility index (Phi) is 4.52. The van der Waals surface area contributed by atoms with Crippen molar-refractivity contribution in [2.75, 3.05) is 5.32 Å². The van der Waals surface area contributed by atoms with Crippen LogP contribution < -0.4 is 11.1 Å². The van der Waals surface area contributed by atoms with Crippen LogP contribution in [0, 0.1) is 0 Å². The highest BCUT2D eigenvalue weighted by molar-refractivity contribution is 9.10. The normalized spacial score (nSPS) is 11.9. The maximum Gasteiger partial charge on any atom is 0.241 e. The molecule has 0 aliphatic heterocycles. The highest BCUT2D eigenvalue weighted by Crippen LogP contribution is 2.31. The lowest BCUT2D eigenvalue weighted by atomic mass is 10.2. The zero-order valence-electron chi connectivity index (χ0n) is 8.61. The van der Waals surface area contributed by atoms with E-state index in [0.29, 0.717) is 16.6 Å². The largest absolute Gasteiger partial charge is 0.505 e. The van der Waals surface area contributed by atoms with E-state index in [0.717, 1.165) is 0 Å². The summed E-state index contributed by atoms with van der Waals surface area (Å²) in [7, 11) is 0. The van der Waals surface area contributed by atoms with Gasteiger partial charge in [0.05, 0.1) is 16.2 Å². The molecule has 0 radical (unpaired) electrons. The minimum Gasteiger partial charge on any atom is -0.505 e. The molecule has 0 heterocycles. The first-order valence-corrected chi connectivity index (χ1v) is 5.50. The predicted octanol–water partition coefficient (Wildman–Crippen LogP) is 2.00. The minimum absolute atomic E-state index is 0.0124. The van der Waals surface area contributed by atoms with Gasteiger partial charge in [-0.2, -0.15) is 0 Å². The molecule has 4 nitrogen and oxygen atoms in total. The molecular formula is C11H13BrN2O2. The number of carbonyl (C=O) groups excluding carboxylic acids is 1. The van der Waals surface area contributed by atoms with Crippen molar-refractivity contribution < 1.29 is 9.90 Å². The second kappa shape index (κ2) is 5.67. The summed E-state index contributed by atoms with van der Waals surface area (Å²) in [4.78, 5) is 11.6. The third-order valence-electron chi connectivity index (χ3n) is 2.00. The van der Waals surface area contributed by atoms with Gasteiger partial charge >= 0.3 is 0 Å².